The highest BCUT2D eigenvalue weighted by Gasteiger charge is 2.20. The van der Waals surface area contributed by atoms with Crippen molar-refractivity contribution in [1.82, 2.24) is 20.3 Å². The molecule has 1 saturated heterocycles. The van der Waals surface area contributed by atoms with Gasteiger partial charge in [-0.25, -0.2) is 4.99 Å². The third-order valence-electron chi connectivity index (χ3n) is 5.10. The topological polar surface area (TPSA) is 100 Å². The Morgan fingerprint density at radius 3 is 2.65 bits per heavy atom. The van der Waals surface area contributed by atoms with Crippen molar-refractivity contribution in [1.29, 1.82) is 0 Å². The van der Waals surface area contributed by atoms with E-state index < -0.39 is 0 Å². The smallest absolute Gasteiger partial charge is 0.269 e. The van der Waals surface area contributed by atoms with Gasteiger partial charge in [0.1, 0.15) is 5.76 Å². The van der Waals surface area contributed by atoms with Crippen molar-refractivity contribution < 1.29 is 9.45 Å². The van der Waals surface area contributed by atoms with Crippen LogP contribution in [0.25, 0.3) is 0 Å². The molecule has 2 aromatic rings. The van der Waals surface area contributed by atoms with E-state index in [4.69, 9.17) is 9.52 Å². The fraction of sp³-hybridized carbons (Fsp3) is 0.524. The van der Waals surface area contributed by atoms with E-state index in [2.05, 4.69) is 26.5 Å². The van der Waals surface area contributed by atoms with Crippen LogP contribution in [0.4, 0.5) is 5.69 Å². The lowest BCUT2D eigenvalue weighted by molar-refractivity contribution is -0.384. The van der Waals surface area contributed by atoms with Crippen LogP contribution in [0.2, 0.25) is 0 Å². The molecule has 3 rings (SSSR count). The monoisotopic (exact) mass is 446 g/mol. The van der Waals surface area contributed by atoms with E-state index in [0.29, 0.717) is 6.54 Å². The molecule has 168 valence electrons. The molecule has 0 spiro atoms. The molecule has 1 aliphatic rings. The molecule has 10 heteroatoms. The minimum atomic E-state index is -0.383. The van der Waals surface area contributed by atoms with Gasteiger partial charge in [-0.2, -0.15) is 11.8 Å². The highest BCUT2D eigenvalue weighted by molar-refractivity contribution is 7.98. The van der Waals surface area contributed by atoms with E-state index in [-0.39, 0.29) is 10.6 Å². The number of aryl methyl sites for hydroxylation is 1. The van der Waals surface area contributed by atoms with Gasteiger partial charge in [0.05, 0.1) is 17.2 Å². The molecule has 31 heavy (non-hydrogen) atoms. The van der Waals surface area contributed by atoms with Crippen LogP contribution in [-0.2, 0) is 13.1 Å². The Hall–Kier alpha value is -2.59. The van der Waals surface area contributed by atoms with E-state index in [0.717, 1.165) is 74.4 Å². The molecule has 2 heterocycles. The molecule has 0 radical (unpaired) electrons. The van der Waals surface area contributed by atoms with Crippen LogP contribution in [0.15, 0.2) is 39.8 Å². The summed E-state index contributed by atoms with van der Waals surface area (Å²) in [5.74, 6) is 2.84. The average Bonchev–Trinajstić information content (AvgIpc) is 3.18. The SMILES string of the molecule is CSCCCNC(=NCc1ccc([N+](=O)[O-])cc1)N1CCN(Cc2cc(C)on2)CC1. The molecule has 0 saturated carbocycles. The van der Waals surface area contributed by atoms with Gasteiger partial charge in [-0.1, -0.05) is 17.3 Å². The Labute approximate surface area is 187 Å². The molecule has 1 fully saturated rings. The Kier molecular flexibility index (Phi) is 8.72. The summed E-state index contributed by atoms with van der Waals surface area (Å²) < 4.78 is 5.17. The van der Waals surface area contributed by atoms with Crippen molar-refractivity contribution in [2.45, 2.75) is 26.4 Å². The molecular formula is C21H30N6O3S. The summed E-state index contributed by atoms with van der Waals surface area (Å²) >= 11 is 1.84. The first kappa shape index (κ1) is 23.1. The van der Waals surface area contributed by atoms with Crippen LogP contribution in [0.1, 0.15) is 23.4 Å². The van der Waals surface area contributed by atoms with Gasteiger partial charge in [0.2, 0.25) is 0 Å². The van der Waals surface area contributed by atoms with Gasteiger partial charge in [-0.05, 0) is 30.9 Å². The van der Waals surface area contributed by atoms with E-state index in [9.17, 15) is 10.1 Å². The highest BCUT2D eigenvalue weighted by atomic mass is 32.2. The molecule has 1 aliphatic heterocycles. The molecule has 0 amide bonds. The second kappa shape index (κ2) is 11.7. The number of non-ortho nitro benzene ring substituents is 1. The normalized spacial score (nSPS) is 15.3. The maximum absolute atomic E-state index is 10.8. The maximum Gasteiger partial charge on any atom is 0.269 e. The number of aliphatic imine (C=N–C) groups is 1. The number of benzene rings is 1. The van der Waals surface area contributed by atoms with Gasteiger partial charge in [-0.3, -0.25) is 15.0 Å². The van der Waals surface area contributed by atoms with E-state index in [1.807, 2.05) is 24.8 Å². The second-order valence-corrected chi connectivity index (χ2v) is 8.51. The zero-order valence-corrected chi connectivity index (χ0v) is 18.9. The van der Waals surface area contributed by atoms with E-state index in [1.165, 1.54) is 12.1 Å². The average molecular weight is 447 g/mol. The minimum Gasteiger partial charge on any atom is -0.361 e. The van der Waals surface area contributed by atoms with Crippen LogP contribution in [0, 0.1) is 17.0 Å². The standard InChI is InChI=1S/C21H30N6O3S/c1-17-14-19(24-30-17)16-25-9-11-26(12-10-25)21(22-8-3-13-31-2)23-15-18-4-6-20(7-5-18)27(28)29/h4-7,14H,3,8-13,15-16H2,1-2H3,(H,22,23). The molecule has 0 atom stereocenters. The molecule has 1 aromatic carbocycles. The number of nitro groups is 1. The van der Waals surface area contributed by atoms with Crippen molar-refractivity contribution in [3.63, 3.8) is 0 Å². The molecule has 1 N–H and O–H groups in total. The quantitative estimate of drug-likeness (QED) is 0.206. The maximum atomic E-state index is 10.8. The van der Waals surface area contributed by atoms with Crippen molar-refractivity contribution >= 4 is 23.4 Å². The van der Waals surface area contributed by atoms with E-state index in [1.54, 1.807) is 12.1 Å². The first-order valence-electron chi connectivity index (χ1n) is 10.4. The number of aromatic nitrogens is 1. The summed E-state index contributed by atoms with van der Waals surface area (Å²) in [6.45, 7) is 7.67. The van der Waals surface area contributed by atoms with Crippen molar-refractivity contribution in [2.24, 2.45) is 4.99 Å². The first-order valence-corrected chi connectivity index (χ1v) is 11.8. The molecule has 9 nitrogen and oxygen atoms in total. The first-order chi connectivity index (χ1) is 15.0. The molecule has 0 unspecified atom stereocenters. The predicted octanol–water partition coefficient (Wildman–Crippen LogP) is 2.91. The highest BCUT2D eigenvalue weighted by Crippen LogP contribution is 2.13. The fourth-order valence-electron chi connectivity index (χ4n) is 3.41. The number of hydrogen-bond donors (Lipinski definition) is 1. The number of guanidine groups is 1. The molecule has 0 aliphatic carbocycles. The lowest BCUT2D eigenvalue weighted by Gasteiger charge is -2.36. The predicted molar refractivity (Wildman–Crippen MR) is 123 cm³/mol. The Morgan fingerprint density at radius 1 is 1.29 bits per heavy atom. The fourth-order valence-corrected chi connectivity index (χ4v) is 3.85. The molecule has 0 bridgehead atoms. The zero-order chi connectivity index (χ0) is 22.1. The van der Waals surface area contributed by atoms with Gasteiger partial charge in [0.15, 0.2) is 5.96 Å². The number of piperazine rings is 1. The summed E-state index contributed by atoms with van der Waals surface area (Å²) in [7, 11) is 0. The second-order valence-electron chi connectivity index (χ2n) is 7.53. The minimum absolute atomic E-state index is 0.0987. The van der Waals surface area contributed by atoms with Crippen molar-refractivity contribution in [2.75, 3.05) is 44.7 Å². The summed E-state index contributed by atoms with van der Waals surface area (Å²) in [6.07, 6.45) is 3.18. The van der Waals surface area contributed by atoms with Crippen LogP contribution >= 0.6 is 11.8 Å². The molecular weight excluding hydrogens is 416 g/mol. The number of nitrogens with zero attached hydrogens (tertiary/aromatic N) is 5. The van der Waals surface area contributed by atoms with Crippen molar-refractivity contribution in [3.8, 4) is 0 Å². The van der Waals surface area contributed by atoms with Crippen molar-refractivity contribution in [3.05, 3.63) is 57.5 Å². The number of thioether (sulfide) groups is 1. The molecule has 1 aromatic heterocycles. The number of hydrogen-bond acceptors (Lipinski definition) is 7. The van der Waals surface area contributed by atoms with Gasteiger partial charge in [0.25, 0.3) is 5.69 Å². The van der Waals surface area contributed by atoms with E-state index >= 15 is 0 Å². The Morgan fingerprint density at radius 2 is 2.03 bits per heavy atom. The Balaban J connectivity index is 1.58. The Bertz CT molecular complexity index is 862. The third kappa shape index (κ3) is 7.25. The van der Waals surface area contributed by atoms with Crippen LogP contribution in [0.3, 0.4) is 0 Å². The summed E-state index contributed by atoms with van der Waals surface area (Å²) in [5, 5.41) is 18.4. The number of rotatable bonds is 9. The lowest BCUT2D eigenvalue weighted by Crippen LogP contribution is -2.52. The van der Waals surface area contributed by atoms with Gasteiger partial charge < -0.3 is 14.7 Å². The zero-order valence-electron chi connectivity index (χ0n) is 18.1. The summed E-state index contributed by atoms with van der Waals surface area (Å²) in [6, 6.07) is 8.58. The van der Waals surface area contributed by atoms with Gasteiger partial charge in [0, 0.05) is 57.5 Å². The summed E-state index contributed by atoms with van der Waals surface area (Å²) in [5.41, 5.74) is 2.02. The van der Waals surface area contributed by atoms with Crippen LogP contribution < -0.4 is 5.32 Å². The lowest BCUT2D eigenvalue weighted by atomic mass is 10.2. The third-order valence-corrected chi connectivity index (χ3v) is 5.80. The van der Waals surface area contributed by atoms with Gasteiger partial charge >= 0.3 is 0 Å². The van der Waals surface area contributed by atoms with Crippen LogP contribution in [-0.4, -0.2) is 70.6 Å². The number of nitrogens with one attached hydrogen (secondary N) is 1. The van der Waals surface area contributed by atoms with Crippen LogP contribution in [0.5, 0.6) is 0 Å². The summed E-state index contributed by atoms with van der Waals surface area (Å²) in [4.78, 5) is 19.9. The van der Waals surface area contributed by atoms with Gasteiger partial charge in [-0.15, -0.1) is 0 Å². The largest absolute Gasteiger partial charge is 0.361 e. The number of nitro benzene ring substituents is 1.